The van der Waals surface area contributed by atoms with Gasteiger partial charge in [-0.05, 0) is 71.4 Å². The molecule has 194 valence electrons. The Morgan fingerprint density at radius 1 is 1.26 bits per heavy atom. The zero-order valence-electron chi connectivity index (χ0n) is 21.5. The molecule has 0 radical (unpaired) electrons. The highest BCUT2D eigenvalue weighted by atomic mass is 19.1. The molecule has 35 heavy (non-hydrogen) atoms. The fourth-order valence-electron chi connectivity index (χ4n) is 7.99. The third kappa shape index (κ3) is 3.39. The van der Waals surface area contributed by atoms with Crippen molar-refractivity contribution in [1.82, 2.24) is 5.32 Å². The first kappa shape index (κ1) is 26.0. The first-order valence-corrected chi connectivity index (χ1v) is 12.5. The number of Topliss-reactive ketones (excluding diaryl/α,β-unsaturated/α-hetero) is 1. The summed E-state index contributed by atoms with van der Waals surface area (Å²) in [4.78, 5) is 38.4. The second-order valence-electron chi connectivity index (χ2n) is 12.5. The summed E-state index contributed by atoms with van der Waals surface area (Å²) in [5, 5.41) is 24.2. The van der Waals surface area contributed by atoms with Crippen LogP contribution in [0.15, 0.2) is 23.8 Å². The fourth-order valence-corrected chi connectivity index (χ4v) is 7.99. The third-order valence-electron chi connectivity index (χ3n) is 9.47. The summed E-state index contributed by atoms with van der Waals surface area (Å²) in [5.41, 5.74) is -5.94. The maximum Gasteiger partial charge on any atom is 0.408 e. The maximum absolute atomic E-state index is 17.3. The zero-order valence-corrected chi connectivity index (χ0v) is 21.5. The molecule has 0 aromatic carbocycles. The average Bonchev–Trinajstić information content (AvgIpc) is 2.95. The van der Waals surface area contributed by atoms with E-state index in [1.54, 1.807) is 47.6 Å². The second-order valence-corrected chi connectivity index (χ2v) is 12.5. The number of aliphatic hydroxyl groups excluding tert-OH is 2. The number of ketones is 2. The van der Waals surface area contributed by atoms with Crippen LogP contribution in [0.2, 0.25) is 0 Å². The highest BCUT2D eigenvalue weighted by Gasteiger charge is 2.77. The Labute approximate surface area is 206 Å². The normalized spacial score (nSPS) is 44.6. The van der Waals surface area contributed by atoms with Crippen molar-refractivity contribution in [3.8, 4) is 0 Å². The molecule has 0 unspecified atom stereocenters. The number of halogens is 1. The average molecular weight is 492 g/mol. The Balaban J connectivity index is 1.81. The molecule has 1 amide bonds. The first-order valence-electron chi connectivity index (χ1n) is 12.5. The fraction of sp³-hybridized carbons (Fsp3) is 0.741. The van der Waals surface area contributed by atoms with Crippen molar-refractivity contribution in [3.63, 3.8) is 0 Å². The monoisotopic (exact) mass is 491 g/mol. The van der Waals surface area contributed by atoms with Crippen LogP contribution in [0.4, 0.5) is 9.18 Å². The molecule has 4 aliphatic carbocycles. The summed E-state index contributed by atoms with van der Waals surface area (Å²) in [7, 11) is 0. The lowest BCUT2D eigenvalue weighted by Gasteiger charge is -2.62. The summed E-state index contributed by atoms with van der Waals surface area (Å²) in [6.45, 7) is 9.85. The van der Waals surface area contributed by atoms with E-state index in [2.05, 4.69) is 5.32 Å². The SMILES string of the molecule is C[C@H]1C[C@H]2[C@@H]3CCC4=CC(=O)C=C[C@]4(C)[C@@]3(F)[C@@H](O)C[C@]2(C)[C@@]1(OC(=O)NC(C)(C)C)C(=O)CO. The van der Waals surface area contributed by atoms with Gasteiger partial charge in [0.25, 0.3) is 0 Å². The van der Waals surface area contributed by atoms with Gasteiger partial charge in [-0.1, -0.05) is 25.5 Å². The van der Waals surface area contributed by atoms with Crippen LogP contribution < -0.4 is 5.32 Å². The number of hydrogen-bond acceptors (Lipinski definition) is 6. The minimum Gasteiger partial charge on any atom is -0.434 e. The van der Waals surface area contributed by atoms with Crippen LogP contribution in [-0.4, -0.2) is 57.4 Å². The smallest absolute Gasteiger partial charge is 0.408 e. The quantitative estimate of drug-likeness (QED) is 0.558. The molecule has 4 rings (SSSR count). The van der Waals surface area contributed by atoms with Gasteiger partial charge in [0.15, 0.2) is 17.1 Å². The molecule has 0 saturated heterocycles. The molecule has 3 fully saturated rings. The van der Waals surface area contributed by atoms with Gasteiger partial charge in [0.2, 0.25) is 5.78 Å². The van der Waals surface area contributed by atoms with Crippen molar-refractivity contribution in [1.29, 1.82) is 0 Å². The first-order chi connectivity index (χ1) is 16.1. The van der Waals surface area contributed by atoms with E-state index in [-0.39, 0.29) is 18.1 Å². The van der Waals surface area contributed by atoms with E-state index >= 15 is 4.39 Å². The molecule has 8 atom stereocenters. The van der Waals surface area contributed by atoms with E-state index < -0.39 is 64.1 Å². The molecule has 3 N–H and O–H groups in total. The van der Waals surface area contributed by atoms with Gasteiger partial charge >= 0.3 is 6.09 Å². The standard InChI is InChI=1S/C27H38FNO6/c1-15-11-19-18-8-7-16-12-17(31)9-10-24(16,5)26(18,28)20(32)13-25(19,6)27(15,21(33)14-30)35-22(34)29-23(2,3)4/h9-10,12,15,18-20,30,32H,7-8,11,13-14H2,1-6H3,(H,29,34)/t15-,18-,19-,20-,24-,25-,26-,27-/m0/s1. The Bertz CT molecular complexity index is 1020. The number of fused-ring (bicyclic) bond motifs is 5. The summed E-state index contributed by atoms with van der Waals surface area (Å²) in [6.07, 6.45) is 3.38. The van der Waals surface area contributed by atoms with E-state index in [1.807, 2.05) is 0 Å². The van der Waals surface area contributed by atoms with E-state index in [0.717, 1.165) is 0 Å². The molecule has 4 aliphatic rings. The van der Waals surface area contributed by atoms with E-state index in [4.69, 9.17) is 4.74 Å². The van der Waals surface area contributed by atoms with Crippen LogP contribution >= 0.6 is 0 Å². The lowest BCUT2D eigenvalue weighted by molar-refractivity contribution is -0.219. The van der Waals surface area contributed by atoms with E-state index in [1.165, 1.54) is 12.2 Å². The zero-order chi connectivity index (χ0) is 26.2. The number of alkyl halides is 1. The molecule has 0 aliphatic heterocycles. The summed E-state index contributed by atoms with van der Waals surface area (Å²) in [6, 6.07) is 0. The van der Waals surface area contributed by atoms with Crippen LogP contribution in [0.1, 0.15) is 67.2 Å². The van der Waals surface area contributed by atoms with Crippen molar-refractivity contribution in [2.75, 3.05) is 6.61 Å². The molecule has 7 nitrogen and oxygen atoms in total. The van der Waals surface area contributed by atoms with Crippen molar-refractivity contribution in [3.05, 3.63) is 23.8 Å². The van der Waals surface area contributed by atoms with Crippen molar-refractivity contribution < 1.29 is 33.7 Å². The Hall–Kier alpha value is -2.06. The number of carbonyl (C=O) groups excluding carboxylic acids is 3. The van der Waals surface area contributed by atoms with Gasteiger partial charge in [0, 0.05) is 28.2 Å². The number of hydrogen-bond donors (Lipinski definition) is 3. The summed E-state index contributed by atoms with van der Waals surface area (Å²) >= 11 is 0. The van der Waals surface area contributed by atoms with Crippen molar-refractivity contribution in [2.24, 2.45) is 28.6 Å². The van der Waals surface area contributed by atoms with Gasteiger partial charge in [-0.15, -0.1) is 0 Å². The third-order valence-corrected chi connectivity index (χ3v) is 9.47. The molecular formula is C27H38FNO6. The van der Waals surface area contributed by atoms with Gasteiger partial charge in [-0.25, -0.2) is 9.18 Å². The van der Waals surface area contributed by atoms with Crippen LogP contribution in [0, 0.1) is 28.6 Å². The molecule has 0 bridgehead atoms. The topological polar surface area (TPSA) is 113 Å². The maximum atomic E-state index is 17.3. The van der Waals surface area contributed by atoms with Gasteiger partial charge < -0.3 is 20.3 Å². The van der Waals surface area contributed by atoms with E-state index in [0.29, 0.717) is 24.8 Å². The minimum atomic E-state index is -2.05. The predicted molar refractivity (Wildman–Crippen MR) is 127 cm³/mol. The number of nitrogens with one attached hydrogen (secondary N) is 1. The molecule has 0 aromatic rings. The Kier molecular flexibility index (Phi) is 5.92. The number of rotatable bonds is 3. The largest absolute Gasteiger partial charge is 0.434 e. The lowest BCUT2D eigenvalue weighted by Crippen LogP contribution is -2.70. The molecule has 0 spiro atoms. The molecule has 8 heteroatoms. The van der Waals surface area contributed by atoms with Gasteiger partial charge in [-0.2, -0.15) is 0 Å². The van der Waals surface area contributed by atoms with Crippen molar-refractivity contribution in [2.45, 2.75) is 90.1 Å². The Morgan fingerprint density at radius 3 is 2.51 bits per heavy atom. The van der Waals surface area contributed by atoms with Gasteiger partial charge in [0.1, 0.15) is 6.61 Å². The van der Waals surface area contributed by atoms with Crippen LogP contribution in [0.5, 0.6) is 0 Å². The number of amides is 1. The summed E-state index contributed by atoms with van der Waals surface area (Å²) < 4.78 is 23.3. The summed E-state index contributed by atoms with van der Waals surface area (Å²) in [5.74, 6) is -2.32. The van der Waals surface area contributed by atoms with E-state index in [9.17, 15) is 24.6 Å². The highest BCUT2D eigenvalue weighted by molar-refractivity contribution is 6.01. The number of aliphatic hydroxyl groups is 2. The van der Waals surface area contributed by atoms with Gasteiger partial charge in [0.05, 0.1) is 6.10 Å². The number of allylic oxidation sites excluding steroid dienone is 4. The Morgan fingerprint density at radius 2 is 1.91 bits per heavy atom. The number of carbonyl (C=O) groups is 3. The number of alkyl carbamates (subject to hydrolysis) is 1. The number of ether oxygens (including phenoxy) is 1. The second kappa shape index (κ2) is 7.97. The molecule has 0 heterocycles. The van der Waals surface area contributed by atoms with Crippen LogP contribution in [-0.2, 0) is 14.3 Å². The highest BCUT2D eigenvalue weighted by Crippen LogP contribution is 2.71. The molecule has 3 saturated carbocycles. The van der Waals surface area contributed by atoms with Crippen LogP contribution in [0.25, 0.3) is 0 Å². The van der Waals surface area contributed by atoms with Crippen LogP contribution in [0.3, 0.4) is 0 Å². The molecular weight excluding hydrogens is 453 g/mol. The lowest BCUT2D eigenvalue weighted by atomic mass is 9.44. The molecule has 0 aromatic heterocycles. The van der Waals surface area contributed by atoms with Gasteiger partial charge in [-0.3, -0.25) is 9.59 Å². The predicted octanol–water partition coefficient (Wildman–Crippen LogP) is 3.43. The minimum absolute atomic E-state index is 0.117. The van der Waals surface area contributed by atoms with Crippen molar-refractivity contribution >= 4 is 17.7 Å².